The van der Waals surface area contributed by atoms with Crippen LogP contribution in [0.15, 0.2) is 54.6 Å². The molecule has 4 nitrogen and oxygen atoms in total. The summed E-state index contributed by atoms with van der Waals surface area (Å²) in [6.07, 6.45) is 1.27. The maximum atomic E-state index is 12.8. The summed E-state index contributed by atoms with van der Waals surface area (Å²) in [6, 6.07) is 14.1. The fourth-order valence-electron chi connectivity index (χ4n) is 1.89. The molecule has 113 valence electrons. The van der Waals surface area contributed by atoms with Gasteiger partial charge >= 0.3 is 6.09 Å². The average molecular weight is 300 g/mol. The van der Waals surface area contributed by atoms with E-state index in [-0.39, 0.29) is 18.8 Å². The maximum Gasteiger partial charge on any atom is 0.408 e. The van der Waals surface area contributed by atoms with Gasteiger partial charge < -0.3 is 10.1 Å². The highest BCUT2D eigenvalue weighted by molar-refractivity contribution is 5.73. The Morgan fingerprint density at radius 1 is 1.09 bits per heavy atom. The second-order valence-corrected chi connectivity index (χ2v) is 4.71. The molecule has 0 bridgehead atoms. The number of hydrogen-bond acceptors (Lipinski definition) is 3. The summed E-state index contributed by atoms with van der Waals surface area (Å²) < 4.78 is 17.8. The summed E-state index contributed by atoms with van der Waals surface area (Å²) in [6.45, 7) is 0.120. The third-order valence-corrected chi connectivity index (χ3v) is 3.00. The Balaban J connectivity index is 1.83. The third kappa shape index (κ3) is 5.01. The molecule has 1 unspecified atom stereocenters. The minimum Gasteiger partial charge on any atom is -0.445 e. The molecule has 1 N–H and O–H groups in total. The van der Waals surface area contributed by atoms with E-state index in [1.807, 2.05) is 30.3 Å². The quantitative estimate of drug-likeness (QED) is 0.892. The molecule has 0 fully saturated rings. The first-order valence-corrected chi connectivity index (χ1v) is 6.76. The lowest BCUT2D eigenvalue weighted by atomic mass is 10.1. The molecule has 2 aromatic rings. The predicted molar refractivity (Wildman–Crippen MR) is 79.3 cm³/mol. The van der Waals surface area contributed by atoms with Crippen LogP contribution in [0, 0.1) is 5.82 Å². The molecule has 0 saturated heterocycles. The SMILES string of the molecule is O=[C]C(Cc1ccc(F)cc1)NC(=O)OCc1ccccc1. The lowest BCUT2D eigenvalue weighted by molar-refractivity contribution is 0.138. The number of carbonyl (C=O) groups is 1. The van der Waals surface area contributed by atoms with Crippen LogP contribution < -0.4 is 5.32 Å². The molecule has 0 spiro atoms. The van der Waals surface area contributed by atoms with Gasteiger partial charge in [0.15, 0.2) is 0 Å². The maximum absolute atomic E-state index is 12.8. The molecule has 2 aromatic carbocycles. The van der Waals surface area contributed by atoms with Gasteiger partial charge in [0.2, 0.25) is 6.29 Å². The molecule has 0 aromatic heterocycles. The van der Waals surface area contributed by atoms with Crippen molar-refractivity contribution >= 4 is 12.4 Å². The monoisotopic (exact) mass is 300 g/mol. The van der Waals surface area contributed by atoms with Gasteiger partial charge in [-0.1, -0.05) is 42.5 Å². The first-order valence-electron chi connectivity index (χ1n) is 6.76. The van der Waals surface area contributed by atoms with Crippen LogP contribution in [0.25, 0.3) is 0 Å². The van der Waals surface area contributed by atoms with Gasteiger partial charge in [0.05, 0.1) is 0 Å². The van der Waals surface area contributed by atoms with Crippen LogP contribution in [-0.2, 0) is 22.6 Å². The van der Waals surface area contributed by atoms with E-state index in [9.17, 15) is 14.0 Å². The molecule has 22 heavy (non-hydrogen) atoms. The van der Waals surface area contributed by atoms with Gasteiger partial charge in [-0.15, -0.1) is 0 Å². The Bertz CT molecular complexity index is 614. The first-order chi connectivity index (χ1) is 10.7. The largest absolute Gasteiger partial charge is 0.445 e. The summed E-state index contributed by atoms with van der Waals surface area (Å²) in [5.41, 5.74) is 1.57. The van der Waals surface area contributed by atoms with E-state index in [1.54, 1.807) is 18.4 Å². The van der Waals surface area contributed by atoms with Crippen molar-refractivity contribution < 1.29 is 18.7 Å². The van der Waals surface area contributed by atoms with Crippen molar-refractivity contribution in [2.75, 3.05) is 0 Å². The number of hydrogen-bond donors (Lipinski definition) is 1. The van der Waals surface area contributed by atoms with Crippen molar-refractivity contribution in [3.63, 3.8) is 0 Å². The van der Waals surface area contributed by atoms with Crippen molar-refractivity contribution in [1.82, 2.24) is 5.32 Å². The number of ether oxygens (including phenoxy) is 1. The Hall–Kier alpha value is -2.69. The van der Waals surface area contributed by atoms with E-state index in [0.29, 0.717) is 0 Å². The molecule has 2 rings (SSSR count). The van der Waals surface area contributed by atoms with Crippen LogP contribution in [-0.4, -0.2) is 18.4 Å². The topological polar surface area (TPSA) is 55.4 Å². The number of benzene rings is 2. The van der Waals surface area contributed by atoms with Crippen LogP contribution in [0.3, 0.4) is 0 Å². The third-order valence-electron chi connectivity index (χ3n) is 3.00. The Kier molecular flexibility index (Phi) is 5.65. The van der Waals surface area contributed by atoms with Gasteiger partial charge in [0, 0.05) is 6.42 Å². The van der Waals surface area contributed by atoms with E-state index in [4.69, 9.17) is 4.74 Å². The molecule has 1 radical (unpaired) electrons. The van der Waals surface area contributed by atoms with Crippen molar-refractivity contribution in [3.05, 3.63) is 71.5 Å². The van der Waals surface area contributed by atoms with Crippen LogP contribution >= 0.6 is 0 Å². The van der Waals surface area contributed by atoms with E-state index in [0.717, 1.165) is 11.1 Å². The van der Waals surface area contributed by atoms with Gasteiger partial charge in [-0.3, -0.25) is 4.79 Å². The summed E-state index contributed by atoms with van der Waals surface area (Å²) in [5, 5.41) is 2.42. The average Bonchev–Trinajstić information content (AvgIpc) is 2.55. The van der Waals surface area contributed by atoms with Gasteiger partial charge in [-0.05, 0) is 23.3 Å². The number of carbonyl (C=O) groups excluding carboxylic acids is 2. The number of halogens is 1. The Morgan fingerprint density at radius 3 is 2.41 bits per heavy atom. The number of alkyl carbamates (subject to hydrolysis) is 1. The molecule has 0 aliphatic heterocycles. The standard InChI is InChI=1S/C17H15FNO3/c18-15-8-6-13(7-9-15)10-16(11-20)19-17(21)22-12-14-4-2-1-3-5-14/h1-9,16H,10,12H2,(H,19,21). The summed E-state index contributed by atoms with van der Waals surface area (Å²) in [5.74, 6) is -0.356. The van der Waals surface area contributed by atoms with Crippen LogP contribution in [0.4, 0.5) is 9.18 Å². The van der Waals surface area contributed by atoms with Crippen molar-refractivity contribution in [2.45, 2.75) is 19.1 Å². The van der Waals surface area contributed by atoms with E-state index in [2.05, 4.69) is 5.32 Å². The van der Waals surface area contributed by atoms with Crippen molar-refractivity contribution in [1.29, 1.82) is 0 Å². The first kappa shape index (κ1) is 15.7. The lowest BCUT2D eigenvalue weighted by Gasteiger charge is -2.12. The fraction of sp³-hybridized carbons (Fsp3) is 0.176. The Labute approximate surface area is 127 Å². The van der Waals surface area contributed by atoms with E-state index < -0.39 is 12.1 Å². The zero-order chi connectivity index (χ0) is 15.8. The Morgan fingerprint density at radius 2 is 1.77 bits per heavy atom. The van der Waals surface area contributed by atoms with Gasteiger partial charge in [0.25, 0.3) is 0 Å². The minimum absolute atomic E-state index is 0.120. The second kappa shape index (κ2) is 7.93. The number of nitrogens with one attached hydrogen (secondary N) is 1. The van der Waals surface area contributed by atoms with E-state index in [1.165, 1.54) is 12.1 Å². The molecular formula is C17H15FNO3. The molecule has 5 heteroatoms. The van der Waals surface area contributed by atoms with Crippen molar-refractivity contribution in [2.24, 2.45) is 0 Å². The molecular weight excluding hydrogens is 285 g/mol. The second-order valence-electron chi connectivity index (χ2n) is 4.71. The molecule has 1 atom stereocenters. The molecule has 0 saturated carbocycles. The number of rotatable bonds is 6. The smallest absolute Gasteiger partial charge is 0.408 e. The normalized spacial score (nSPS) is 11.5. The highest BCUT2D eigenvalue weighted by atomic mass is 19.1. The summed E-state index contributed by atoms with van der Waals surface area (Å²) in [7, 11) is 0. The van der Waals surface area contributed by atoms with Gasteiger partial charge in [-0.2, -0.15) is 0 Å². The van der Waals surface area contributed by atoms with Crippen LogP contribution in [0.1, 0.15) is 11.1 Å². The summed E-state index contributed by atoms with van der Waals surface area (Å²) >= 11 is 0. The van der Waals surface area contributed by atoms with Crippen LogP contribution in [0.2, 0.25) is 0 Å². The molecule has 0 aliphatic carbocycles. The minimum atomic E-state index is -0.839. The molecule has 1 amide bonds. The molecule has 0 heterocycles. The highest BCUT2D eigenvalue weighted by Crippen LogP contribution is 2.06. The summed E-state index contributed by atoms with van der Waals surface area (Å²) in [4.78, 5) is 22.6. The zero-order valence-electron chi connectivity index (χ0n) is 11.8. The van der Waals surface area contributed by atoms with Crippen molar-refractivity contribution in [3.8, 4) is 0 Å². The molecule has 0 aliphatic rings. The fourth-order valence-corrected chi connectivity index (χ4v) is 1.89. The predicted octanol–water partition coefficient (Wildman–Crippen LogP) is 2.77. The van der Waals surface area contributed by atoms with E-state index >= 15 is 0 Å². The lowest BCUT2D eigenvalue weighted by Crippen LogP contribution is -2.37. The van der Waals surface area contributed by atoms with Crippen LogP contribution in [0.5, 0.6) is 0 Å². The zero-order valence-corrected chi connectivity index (χ0v) is 11.8. The van der Waals surface area contributed by atoms with Gasteiger partial charge in [0.1, 0.15) is 18.5 Å². The van der Waals surface area contributed by atoms with Gasteiger partial charge in [-0.25, -0.2) is 9.18 Å². The number of amides is 1. The highest BCUT2D eigenvalue weighted by Gasteiger charge is 2.14.